The first-order valence-electron chi connectivity index (χ1n) is 7.83. The molecular formula is C19H21NO4. The summed E-state index contributed by atoms with van der Waals surface area (Å²) in [6, 6.07) is 14.8. The first kappa shape index (κ1) is 17.5. The number of amides is 1. The van der Waals surface area contributed by atoms with Gasteiger partial charge in [-0.1, -0.05) is 29.8 Å². The van der Waals surface area contributed by atoms with E-state index in [-0.39, 0.29) is 12.3 Å². The van der Waals surface area contributed by atoms with Crippen molar-refractivity contribution in [1.82, 2.24) is 5.32 Å². The Hall–Kier alpha value is -2.82. The Labute approximate surface area is 141 Å². The number of carboxylic acids is 1. The van der Waals surface area contributed by atoms with Crippen molar-refractivity contribution in [2.45, 2.75) is 26.3 Å². The summed E-state index contributed by atoms with van der Waals surface area (Å²) in [5, 5.41) is 11.4. The fourth-order valence-electron chi connectivity index (χ4n) is 2.11. The van der Waals surface area contributed by atoms with Gasteiger partial charge in [0.05, 0.1) is 6.61 Å². The number of carbonyl (C=O) groups excluding carboxylic acids is 1. The fourth-order valence-corrected chi connectivity index (χ4v) is 2.11. The topological polar surface area (TPSA) is 75.6 Å². The van der Waals surface area contributed by atoms with Crippen LogP contribution in [0.4, 0.5) is 0 Å². The molecule has 0 aromatic heterocycles. The summed E-state index contributed by atoms with van der Waals surface area (Å²) in [7, 11) is 0. The first-order chi connectivity index (χ1) is 11.5. The van der Waals surface area contributed by atoms with Crippen molar-refractivity contribution in [3.8, 4) is 5.75 Å². The molecule has 0 saturated heterocycles. The normalized spacial score (nSPS) is 10.2. The smallest absolute Gasteiger partial charge is 0.303 e. The highest BCUT2D eigenvalue weighted by molar-refractivity contribution is 5.94. The highest BCUT2D eigenvalue weighted by Crippen LogP contribution is 2.13. The van der Waals surface area contributed by atoms with Gasteiger partial charge in [0.15, 0.2) is 0 Å². The van der Waals surface area contributed by atoms with E-state index in [1.54, 1.807) is 12.1 Å². The molecule has 0 aliphatic carbocycles. The summed E-state index contributed by atoms with van der Waals surface area (Å²) in [5.74, 6) is -0.240. The van der Waals surface area contributed by atoms with Crippen LogP contribution in [0.25, 0.3) is 0 Å². The average Bonchev–Trinajstić information content (AvgIpc) is 2.58. The van der Waals surface area contributed by atoms with Crippen LogP contribution in [-0.2, 0) is 11.3 Å². The Morgan fingerprint density at radius 1 is 1.04 bits per heavy atom. The average molecular weight is 327 g/mol. The first-order valence-corrected chi connectivity index (χ1v) is 7.83. The molecule has 0 unspecified atom stereocenters. The maximum atomic E-state index is 12.0. The van der Waals surface area contributed by atoms with Crippen LogP contribution in [0, 0.1) is 6.92 Å². The van der Waals surface area contributed by atoms with Crippen molar-refractivity contribution < 1.29 is 19.4 Å². The second-order valence-corrected chi connectivity index (χ2v) is 5.54. The molecule has 0 radical (unpaired) electrons. The number of aryl methyl sites for hydroxylation is 1. The highest BCUT2D eigenvalue weighted by Gasteiger charge is 2.05. The molecule has 2 aromatic carbocycles. The van der Waals surface area contributed by atoms with Gasteiger partial charge in [-0.25, -0.2) is 0 Å². The van der Waals surface area contributed by atoms with Crippen LogP contribution >= 0.6 is 0 Å². The van der Waals surface area contributed by atoms with E-state index in [1.165, 1.54) is 0 Å². The van der Waals surface area contributed by atoms with Crippen LogP contribution in [0.3, 0.4) is 0 Å². The van der Waals surface area contributed by atoms with E-state index in [2.05, 4.69) is 5.32 Å². The van der Waals surface area contributed by atoms with Gasteiger partial charge in [-0.3, -0.25) is 9.59 Å². The van der Waals surface area contributed by atoms with Crippen LogP contribution in [0.1, 0.15) is 34.3 Å². The van der Waals surface area contributed by atoms with Gasteiger partial charge in [-0.2, -0.15) is 0 Å². The third-order valence-electron chi connectivity index (χ3n) is 3.49. The Balaban J connectivity index is 1.78. The Morgan fingerprint density at radius 2 is 1.71 bits per heavy atom. The lowest BCUT2D eigenvalue weighted by Crippen LogP contribution is -2.22. The summed E-state index contributed by atoms with van der Waals surface area (Å²) in [5.41, 5.74) is 2.72. The maximum Gasteiger partial charge on any atom is 0.303 e. The van der Waals surface area contributed by atoms with Gasteiger partial charge in [0.1, 0.15) is 5.75 Å². The molecule has 2 N–H and O–H groups in total. The van der Waals surface area contributed by atoms with Crippen molar-refractivity contribution in [2.75, 3.05) is 6.61 Å². The van der Waals surface area contributed by atoms with E-state index < -0.39 is 5.97 Å². The predicted octanol–water partition coefficient (Wildman–Crippen LogP) is 3.17. The molecule has 0 saturated carbocycles. The monoisotopic (exact) mass is 327 g/mol. The largest absolute Gasteiger partial charge is 0.494 e. The standard InChI is InChI=1S/C19H21NO4/c1-14-4-8-16(9-5-14)19(23)20-13-15-6-10-17(11-7-15)24-12-2-3-18(21)22/h4-11H,2-3,12-13H2,1H3,(H,20,23)(H,21,22). The summed E-state index contributed by atoms with van der Waals surface area (Å²) < 4.78 is 5.47. The number of ether oxygens (including phenoxy) is 1. The zero-order valence-electron chi connectivity index (χ0n) is 13.6. The molecule has 2 aromatic rings. The van der Waals surface area contributed by atoms with E-state index in [9.17, 15) is 9.59 Å². The third kappa shape index (κ3) is 5.76. The van der Waals surface area contributed by atoms with Crippen molar-refractivity contribution in [1.29, 1.82) is 0 Å². The zero-order valence-corrected chi connectivity index (χ0v) is 13.6. The number of rotatable bonds is 8. The van der Waals surface area contributed by atoms with Gasteiger partial charge in [0, 0.05) is 18.5 Å². The van der Waals surface area contributed by atoms with Crippen LogP contribution in [0.15, 0.2) is 48.5 Å². The van der Waals surface area contributed by atoms with E-state index in [4.69, 9.17) is 9.84 Å². The van der Waals surface area contributed by atoms with E-state index in [0.29, 0.717) is 30.9 Å². The molecule has 0 atom stereocenters. The minimum atomic E-state index is -0.821. The lowest BCUT2D eigenvalue weighted by atomic mass is 10.1. The van der Waals surface area contributed by atoms with Crippen LogP contribution in [0.5, 0.6) is 5.75 Å². The SMILES string of the molecule is Cc1ccc(C(=O)NCc2ccc(OCCCC(=O)O)cc2)cc1. The number of carbonyl (C=O) groups is 2. The van der Waals surface area contributed by atoms with Gasteiger partial charge in [0.2, 0.25) is 0 Å². The molecule has 0 fully saturated rings. The Morgan fingerprint density at radius 3 is 2.33 bits per heavy atom. The van der Waals surface area contributed by atoms with Crippen molar-refractivity contribution >= 4 is 11.9 Å². The molecular weight excluding hydrogens is 306 g/mol. The molecule has 5 nitrogen and oxygen atoms in total. The van der Waals surface area contributed by atoms with Crippen LogP contribution < -0.4 is 10.1 Å². The maximum absolute atomic E-state index is 12.0. The summed E-state index contributed by atoms with van der Waals surface area (Å²) >= 11 is 0. The fraction of sp³-hybridized carbons (Fsp3) is 0.263. The number of hydrogen-bond acceptors (Lipinski definition) is 3. The number of hydrogen-bond donors (Lipinski definition) is 2. The molecule has 0 aliphatic rings. The highest BCUT2D eigenvalue weighted by atomic mass is 16.5. The van der Waals surface area contributed by atoms with Crippen molar-refractivity contribution in [2.24, 2.45) is 0 Å². The summed E-state index contributed by atoms with van der Waals surface area (Å²) in [6.45, 7) is 2.79. The molecule has 1 amide bonds. The lowest BCUT2D eigenvalue weighted by Gasteiger charge is -2.08. The van der Waals surface area contributed by atoms with Gasteiger partial charge in [-0.15, -0.1) is 0 Å². The lowest BCUT2D eigenvalue weighted by molar-refractivity contribution is -0.137. The zero-order chi connectivity index (χ0) is 17.4. The Bertz CT molecular complexity index is 678. The number of carboxylic acid groups (broad SMARTS) is 1. The molecule has 0 spiro atoms. The molecule has 126 valence electrons. The van der Waals surface area contributed by atoms with Crippen molar-refractivity contribution in [3.05, 3.63) is 65.2 Å². The van der Waals surface area contributed by atoms with Gasteiger partial charge < -0.3 is 15.2 Å². The third-order valence-corrected chi connectivity index (χ3v) is 3.49. The van der Waals surface area contributed by atoms with Gasteiger partial charge in [0.25, 0.3) is 5.91 Å². The van der Waals surface area contributed by atoms with E-state index in [1.807, 2.05) is 43.3 Å². The van der Waals surface area contributed by atoms with Gasteiger partial charge >= 0.3 is 5.97 Å². The number of nitrogens with one attached hydrogen (secondary N) is 1. The molecule has 2 rings (SSSR count). The minimum absolute atomic E-state index is 0.100. The number of benzene rings is 2. The quantitative estimate of drug-likeness (QED) is 0.730. The second kappa shape index (κ2) is 8.72. The predicted molar refractivity (Wildman–Crippen MR) is 91.2 cm³/mol. The molecule has 0 heterocycles. The van der Waals surface area contributed by atoms with Crippen molar-refractivity contribution in [3.63, 3.8) is 0 Å². The Kier molecular flexibility index (Phi) is 6.37. The molecule has 24 heavy (non-hydrogen) atoms. The van der Waals surface area contributed by atoms with E-state index in [0.717, 1.165) is 11.1 Å². The van der Waals surface area contributed by atoms with Crippen LogP contribution in [0.2, 0.25) is 0 Å². The molecule has 0 aliphatic heterocycles. The molecule has 5 heteroatoms. The summed E-state index contributed by atoms with van der Waals surface area (Å²) in [6.07, 6.45) is 0.576. The minimum Gasteiger partial charge on any atom is -0.494 e. The van der Waals surface area contributed by atoms with E-state index >= 15 is 0 Å². The van der Waals surface area contributed by atoms with Gasteiger partial charge in [-0.05, 0) is 43.2 Å². The summed E-state index contributed by atoms with van der Waals surface area (Å²) in [4.78, 5) is 22.5. The molecule has 0 bridgehead atoms. The van der Waals surface area contributed by atoms with Crippen LogP contribution in [-0.4, -0.2) is 23.6 Å². The second-order valence-electron chi connectivity index (χ2n) is 5.54. The number of aliphatic carboxylic acids is 1.